The average Bonchev–Trinajstić information content (AvgIpc) is 2.95. The lowest BCUT2D eigenvalue weighted by molar-refractivity contribution is 0.320. The maximum atomic E-state index is 5.57. The van der Waals surface area contributed by atoms with Crippen LogP contribution in [0.25, 0.3) is 0 Å². The third-order valence-electron chi connectivity index (χ3n) is 3.51. The molecular weight excluding hydrogens is 280 g/mol. The van der Waals surface area contributed by atoms with Gasteiger partial charge < -0.3 is 10.6 Å². The quantitative estimate of drug-likeness (QED) is 0.813. The third kappa shape index (κ3) is 5.19. The molecule has 2 aromatic rings. The van der Waals surface area contributed by atoms with E-state index in [0.717, 1.165) is 31.6 Å². The first kappa shape index (κ1) is 16.1. The summed E-state index contributed by atoms with van der Waals surface area (Å²) >= 11 is 1.75. The van der Waals surface area contributed by atoms with Gasteiger partial charge in [0.25, 0.3) is 0 Å². The third-order valence-corrected chi connectivity index (χ3v) is 4.63. The molecule has 0 aliphatic heterocycles. The Hall–Kier alpha value is -1.30. The maximum absolute atomic E-state index is 5.57. The number of nitrogens with zero attached hydrogens (tertiary/aromatic N) is 3. The van der Waals surface area contributed by atoms with E-state index < -0.39 is 0 Å². The van der Waals surface area contributed by atoms with Crippen LogP contribution in [-0.4, -0.2) is 41.5 Å². The molecule has 0 spiro atoms. The average molecular weight is 304 g/mol. The molecule has 0 fully saturated rings. The van der Waals surface area contributed by atoms with Crippen LogP contribution in [0.15, 0.2) is 29.9 Å². The summed E-state index contributed by atoms with van der Waals surface area (Å²) in [5.74, 6) is 0.462. The van der Waals surface area contributed by atoms with Crippen LogP contribution in [0.1, 0.15) is 29.1 Å². The van der Waals surface area contributed by atoms with Crippen LogP contribution in [0, 0.1) is 0 Å². The summed E-state index contributed by atoms with van der Waals surface area (Å²) in [6, 6.07) is 4.16. The van der Waals surface area contributed by atoms with Crippen LogP contribution in [0.2, 0.25) is 0 Å². The highest BCUT2D eigenvalue weighted by molar-refractivity contribution is 7.09. The van der Waals surface area contributed by atoms with E-state index in [1.165, 1.54) is 10.6 Å². The van der Waals surface area contributed by atoms with E-state index in [4.69, 9.17) is 5.73 Å². The van der Waals surface area contributed by atoms with Crippen LogP contribution in [0.3, 0.4) is 0 Å². The van der Waals surface area contributed by atoms with Crippen LogP contribution in [-0.2, 0) is 12.8 Å². The van der Waals surface area contributed by atoms with E-state index in [-0.39, 0.29) is 0 Å². The van der Waals surface area contributed by atoms with Crippen molar-refractivity contribution in [1.82, 2.24) is 14.9 Å². The van der Waals surface area contributed by atoms with Gasteiger partial charge in [0.05, 0.1) is 10.7 Å². The molecule has 4 nitrogen and oxygen atoms in total. The standard InChI is InChI=1S/C16H24N4S/c1-13(16-19-15(3-7-17)12-21-16)11-20(2)10-6-14-4-8-18-9-5-14/h4-5,8-9,12-13H,3,6-7,10-11,17H2,1-2H3. The minimum atomic E-state index is 0.462. The van der Waals surface area contributed by atoms with Gasteiger partial charge in [-0.05, 0) is 37.7 Å². The molecule has 1 unspecified atom stereocenters. The fraction of sp³-hybridized carbons (Fsp3) is 0.500. The molecule has 0 radical (unpaired) electrons. The van der Waals surface area contributed by atoms with Crippen molar-refractivity contribution in [3.8, 4) is 0 Å². The summed E-state index contributed by atoms with van der Waals surface area (Å²) in [6.07, 6.45) is 5.64. The molecule has 0 aromatic carbocycles. The Bertz CT molecular complexity index is 526. The number of hydrogen-bond donors (Lipinski definition) is 1. The van der Waals surface area contributed by atoms with E-state index in [1.807, 2.05) is 12.4 Å². The van der Waals surface area contributed by atoms with Gasteiger partial charge in [-0.2, -0.15) is 0 Å². The van der Waals surface area contributed by atoms with Crippen molar-refractivity contribution >= 4 is 11.3 Å². The van der Waals surface area contributed by atoms with Gasteiger partial charge in [0.15, 0.2) is 0 Å². The summed E-state index contributed by atoms with van der Waals surface area (Å²) in [5.41, 5.74) is 8.04. The summed E-state index contributed by atoms with van der Waals surface area (Å²) < 4.78 is 0. The second-order valence-electron chi connectivity index (χ2n) is 5.48. The number of hydrogen-bond acceptors (Lipinski definition) is 5. The number of pyridine rings is 1. The Labute approximate surface area is 131 Å². The van der Waals surface area contributed by atoms with Gasteiger partial charge in [-0.15, -0.1) is 11.3 Å². The first-order valence-electron chi connectivity index (χ1n) is 7.41. The van der Waals surface area contributed by atoms with Crippen LogP contribution in [0.5, 0.6) is 0 Å². The van der Waals surface area contributed by atoms with Crippen molar-refractivity contribution in [2.45, 2.75) is 25.7 Å². The highest BCUT2D eigenvalue weighted by atomic mass is 32.1. The zero-order valence-corrected chi connectivity index (χ0v) is 13.6. The molecule has 0 saturated heterocycles. The minimum absolute atomic E-state index is 0.462. The van der Waals surface area contributed by atoms with E-state index in [9.17, 15) is 0 Å². The van der Waals surface area contributed by atoms with E-state index in [2.05, 4.69) is 46.4 Å². The zero-order chi connectivity index (χ0) is 15.1. The molecule has 2 heterocycles. The van der Waals surface area contributed by atoms with Gasteiger partial charge in [0.1, 0.15) is 0 Å². The van der Waals surface area contributed by atoms with Gasteiger partial charge in [-0.25, -0.2) is 4.98 Å². The lowest BCUT2D eigenvalue weighted by atomic mass is 10.1. The summed E-state index contributed by atoms with van der Waals surface area (Å²) in [4.78, 5) is 11.1. The molecule has 21 heavy (non-hydrogen) atoms. The van der Waals surface area contributed by atoms with Crippen molar-refractivity contribution < 1.29 is 0 Å². The smallest absolute Gasteiger partial charge is 0.0969 e. The lowest BCUT2D eigenvalue weighted by Crippen LogP contribution is -2.25. The molecule has 1 atom stereocenters. The molecule has 0 amide bonds. The van der Waals surface area contributed by atoms with Crippen molar-refractivity contribution in [3.05, 3.63) is 46.2 Å². The van der Waals surface area contributed by atoms with E-state index in [0.29, 0.717) is 12.5 Å². The predicted molar refractivity (Wildman–Crippen MR) is 88.7 cm³/mol. The van der Waals surface area contributed by atoms with Gasteiger partial charge >= 0.3 is 0 Å². The number of nitrogens with two attached hydrogens (primary N) is 1. The second-order valence-corrected chi connectivity index (χ2v) is 6.37. The van der Waals surface area contributed by atoms with Crippen molar-refractivity contribution in [3.63, 3.8) is 0 Å². The Morgan fingerprint density at radius 3 is 2.76 bits per heavy atom. The minimum Gasteiger partial charge on any atom is -0.330 e. The van der Waals surface area contributed by atoms with Crippen molar-refractivity contribution in [2.24, 2.45) is 5.73 Å². The first-order chi connectivity index (χ1) is 10.2. The molecule has 114 valence electrons. The summed E-state index contributed by atoms with van der Waals surface area (Å²) in [6.45, 7) is 4.99. The molecule has 2 N–H and O–H groups in total. The van der Waals surface area contributed by atoms with Crippen molar-refractivity contribution in [1.29, 1.82) is 0 Å². The number of aromatic nitrogens is 2. The fourth-order valence-electron chi connectivity index (χ4n) is 2.32. The van der Waals surface area contributed by atoms with Crippen LogP contribution < -0.4 is 5.73 Å². The zero-order valence-electron chi connectivity index (χ0n) is 12.8. The number of thiazole rings is 1. The molecule has 2 rings (SSSR count). The molecule has 0 aliphatic rings. The normalized spacial score (nSPS) is 12.8. The van der Waals surface area contributed by atoms with Gasteiger partial charge in [-0.1, -0.05) is 6.92 Å². The largest absolute Gasteiger partial charge is 0.330 e. The number of rotatable bonds is 8. The maximum Gasteiger partial charge on any atom is 0.0969 e. The molecule has 0 saturated carbocycles. The molecule has 2 aromatic heterocycles. The van der Waals surface area contributed by atoms with Crippen molar-refractivity contribution in [2.75, 3.05) is 26.7 Å². The molecule has 0 aliphatic carbocycles. The Balaban J connectivity index is 1.79. The first-order valence-corrected chi connectivity index (χ1v) is 8.29. The predicted octanol–water partition coefficient (Wildman–Crippen LogP) is 2.32. The Kier molecular flexibility index (Phi) is 6.29. The molecule has 5 heteroatoms. The summed E-state index contributed by atoms with van der Waals surface area (Å²) in [7, 11) is 2.17. The highest BCUT2D eigenvalue weighted by Crippen LogP contribution is 2.21. The van der Waals surface area contributed by atoms with Gasteiger partial charge in [-0.3, -0.25) is 4.98 Å². The fourth-order valence-corrected chi connectivity index (χ4v) is 3.22. The second kappa shape index (κ2) is 8.22. The summed E-state index contributed by atoms with van der Waals surface area (Å²) in [5, 5.41) is 3.35. The Morgan fingerprint density at radius 2 is 2.05 bits per heavy atom. The van der Waals surface area contributed by atoms with Crippen LogP contribution >= 0.6 is 11.3 Å². The Morgan fingerprint density at radius 1 is 1.29 bits per heavy atom. The van der Waals surface area contributed by atoms with E-state index >= 15 is 0 Å². The van der Waals surface area contributed by atoms with Crippen LogP contribution in [0.4, 0.5) is 0 Å². The van der Waals surface area contributed by atoms with Gasteiger partial charge in [0, 0.05) is 43.2 Å². The molecular formula is C16H24N4S. The van der Waals surface area contributed by atoms with E-state index in [1.54, 1.807) is 11.3 Å². The topological polar surface area (TPSA) is 55.0 Å². The highest BCUT2D eigenvalue weighted by Gasteiger charge is 2.13. The monoisotopic (exact) mass is 304 g/mol. The van der Waals surface area contributed by atoms with Gasteiger partial charge in [0.2, 0.25) is 0 Å². The SMILES string of the molecule is CC(CN(C)CCc1ccncc1)c1nc(CCN)cs1. The lowest BCUT2D eigenvalue weighted by Gasteiger charge is -2.20. The molecule has 0 bridgehead atoms. The number of likely N-dealkylation sites (N-methyl/N-ethyl adjacent to an activating group) is 1.